The van der Waals surface area contributed by atoms with Crippen LogP contribution in [0.15, 0.2) is 104 Å². The Morgan fingerprint density at radius 2 is 0.932 bits per heavy atom. The Bertz CT molecular complexity index is 3960. The first-order valence-corrected chi connectivity index (χ1v) is 51.7. The van der Waals surface area contributed by atoms with Crippen LogP contribution in [0.1, 0.15) is 192 Å². The first kappa shape index (κ1) is 90.3. The molecule has 3 aromatic carbocycles. The summed E-state index contributed by atoms with van der Waals surface area (Å²) in [6.45, 7) is 11.7. The molecule has 7 unspecified atom stereocenters. The van der Waals surface area contributed by atoms with E-state index in [0.717, 1.165) is 126 Å². The van der Waals surface area contributed by atoms with Crippen LogP contribution in [0.5, 0.6) is 0 Å². The van der Waals surface area contributed by atoms with Crippen molar-refractivity contribution in [1.82, 2.24) is 0 Å². The van der Waals surface area contributed by atoms with Gasteiger partial charge >= 0.3 is 0 Å². The molecule has 1 saturated carbocycles. The molecule has 0 N–H and O–H groups in total. The van der Waals surface area contributed by atoms with Crippen molar-refractivity contribution in [3.63, 3.8) is 0 Å². The summed E-state index contributed by atoms with van der Waals surface area (Å²) in [5.74, 6) is 3.92. The van der Waals surface area contributed by atoms with E-state index < -0.39 is 111 Å². The van der Waals surface area contributed by atoms with Crippen molar-refractivity contribution in [2.24, 2.45) is 17.3 Å². The Kier molecular flexibility index (Phi) is 35.9. The number of halogens is 2. The summed E-state index contributed by atoms with van der Waals surface area (Å²) < 4.78 is 234. The van der Waals surface area contributed by atoms with Gasteiger partial charge in [-0.1, -0.05) is 137 Å². The molecule has 0 aromatic heterocycles. The second-order valence-corrected chi connectivity index (χ2v) is 49.3. The minimum Gasteiger partial charge on any atom is -0.269 e. The maximum absolute atomic E-state index is 12.7. The van der Waals surface area contributed by atoms with Crippen molar-refractivity contribution in [3.8, 4) is 0 Å². The lowest BCUT2D eigenvalue weighted by molar-refractivity contribution is 0.147. The van der Waals surface area contributed by atoms with Gasteiger partial charge in [0.25, 0.3) is 20.2 Å². The zero-order chi connectivity index (χ0) is 76.4. The lowest BCUT2D eigenvalue weighted by atomic mass is 9.72. The molecular formula is C72H114F2O20S9. The van der Waals surface area contributed by atoms with Crippen molar-refractivity contribution in [3.05, 3.63) is 120 Å². The Morgan fingerprint density at radius 3 is 1.30 bits per heavy atom. The highest BCUT2D eigenvalue weighted by Gasteiger charge is 2.52. The molecule has 10 fully saturated rings. The molecule has 1 aliphatic carbocycles. The van der Waals surface area contributed by atoms with Gasteiger partial charge in [0.1, 0.15) is 21.3 Å². The largest absolute Gasteiger partial charge is 0.274 e. The van der Waals surface area contributed by atoms with Gasteiger partial charge in [-0.15, -0.1) is 6.58 Å². The normalized spacial score (nSPS) is 29.4. The van der Waals surface area contributed by atoms with Gasteiger partial charge in [0.05, 0.1) is 91.2 Å². The summed E-state index contributed by atoms with van der Waals surface area (Å²) >= 11 is 0. The second-order valence-electron chi connectivity index (χ2n) is 29.4. The van der Waals surface area contributed by atoms with Gasteiger partial charge in [-0.3, -0.25) is 8.37 Å². The molecule has 13 rings (SSSR count). The summed E-state index contributed by atoms with van der Waals surface area (Å²) in [6, 6.07) is 29.8. The van der Waals surface area contributed by atoms with E-state index in [1.165, 1.54) is 6.42 Å². The molecule has 9 heterocycles. The predicted octanol–water partition coefficient (Wildman–Crippen LogP) is 11.6. The van der Waals surface area contributed by atoms with E-state index in [2.05, 4.69) is 17.7 Å². The fourth-order valence-electron chi connectivity index (χ4n) is 14.2. The van der Waals surface area contributed by atoms with E-state index in [1.807, 2.05) is 97.9 Å². The average Bonchev–Trinajstić information content (AvgIpc) is 1.78. The van der Waals surface area contributed by atoms with Crippen LogP contribution in [-0.2, 0) is 117 Å². The van der Waals surface area contributed by atoms with Crippen LogP contribution >= 0.6 is 0 Å². The van der Waals surface area contributed by atoms with Crippen LogP contribution in [0, 0.1) is 17.3 Å². The molecule has 7 atom stereocenters. The zero-order valence-electron chi connectivity index (χ0n) is 60.5. The molecule has 0 radical (unpaired) electrons. The standard InChI is InChI=1S/C18H20O2S.C11H14O2S.C10H16O3S.3C6H12O2S.2C5H9FO2S.C5H10O3S/c19-21(20)13-7-12-18(21,14-16-8-3-1-4-9-16)15-17-10-5-2-6-11-17;12-14(13)8-4-7-11(14)9-10-5-2-1-3-6-10;1-2-9-10(6-4-3-5-7-10)8-13-14(9,11)12;1-6-2-4-9(7,8)5-3-6;1-6-3-2-4-9(7,8)5-6;1-6-4-2-3-5-9(6,7)8;6-5-2-1-3-9(7,8)4-5;6-5-3-1-2-4-9(5,7)8;1-5-3-2-4-9(6,7)8-5/h1-6,8-11H,7,12-15H2;1-3,5-6,11H,4,7-9H2;2,9H,1,3-8H2;3*6H,2-5H2,1H3;2*5H,1-4H2;5H,2-4H2,1H3. The van der Waals surface area contributed by atoms with Crippen LogP contribution in [0.3, 0.4) is 0 Å². The number of hydrogen-bond acceptors (Lipinski definition) is 20. The molecule has 0 amide bonds. The van der Waals surface area contributed by atoms with E-state index in [-0.39, 0.29) is 51.5 Å². The number of hydrogen-bond donors (Lipinski definition) is 0. The minimum atomic E-state index is -3.36. The van der Waals surface area contributed by atoms with Gasteiger partial charge in [-0.25, -0.2) is 67.7 Å². The van der Waals surface area contributed by atoms with E-state index in [1.54, 1.807) is 19.9 Å². The first-order valence-electron chi connectivity index (χ1n) is 36.4. The summed E-state index contributed by atoms with van der Waals surface area (Å²) in [6.07, 6.45) is 21.3. The topological polar surface area (TPSA) is 326 Å². The third-order valence-electron chi connectivity index (χ3n) is 20.4. The zero-order valence-corrected chi connectivity index (χ0v) is 67.9. The summed E-state index contributed by atoms with van der Waals surface area (Å²) in [5, 5.41) is -0.688. The van der Waals surface area contributed by atoms with Gasteiger partial charge in [-0.2, -0.15) is 16.8 Å². The van der Waals surface area contributed by atoms with Crippen LogP contribution in [0.2, 0.25) is 0 Å². The SMILES string of the molecule is C=CC1C2(CCCCC2)COS1(=O)=O.CC1CCCCS1(=O)=O.CC1CCCS(=O)(=O)C1.CC1CCCS(=O)(=O)O1.CC1CCS(=O)(=O)CC1.O=S1(=O)CCCC(F)C1.O=S1(=O)CCCC1(Cc1ccccc1)Cc1ccccc1.O=S1(=O)CCCC1Cc1ccccc1.O=S1(=O)CCCCC1F. The Labute approximate surface area is 617 Å². The molecule has 0 bridgehead atoms. The Morgan fingerprint density at radius 1 is 0.437 bits per heavy atom. The number of sulfone groups is 7. The molecule has 10 aliphatic rings. The quantitative estimate of drug-likeness (QED) is 0.157. The monoisotopic (exact) mass is 1620 g/mol. The fraction of sp³-hybridized carbons (Fsp3) is 0.722. The Balaban J connectivity index is 0.000000213. The molecule has 9 saturated heterocycles. The molecule has 103 heavy (non-hydrogen) atoms. The van der Waals surface area contributed by atoms with E-state index in [4.69, 9.17) is 4.18 Å². The van der Waals surface area contributed by atoms with Gasteiger partial charge in [0, 0.05) is 5.41 Å². The van der Waals surface area contributed by atoms with Crippen molar-refractivity contribution < 1.29 is 92.9 Å². The minimum absolute atomic E-state index is 0.0359. The highest BCUT2D eigenvalue weighted by molar-refractivity contribution is 7.94. The molecule has 1 spiro atoms. The molecule has 20 nitrogen and oxygen atoms in total. The average molecular weight is 1630 g/mol. The molecule has 9 aliphatic heterocycles. The molecule has 31 heteroatoms. The predicted molar refractivity (Wildman–Crippen MR) is 407 cm³/mol. The lowest BCUT2D eigenvalue weighted by Crippen LogP contribution is -2.39. The van der Waals surface area contributed by atoms with Crippen molar-refractivity contribution in [2.75, 3.05) is 69.9 Å². The van der Waals surface area contributed by atoms with Crippen molar-refractivity contribution in [2.45, 2.75) is 233 Å². The third-order valence-corrected chi connectivity index (χ3v) is 38.1. The fourth-order valence-corrected chi connectivity index (χ4v) is 29.1. The van der Waals surface area contributed by atoms with Gasteiger partial charge in [0.15, 0.2) is 59.0 Å². The van der Waals surface area contributed by atoms with Crippen molar-refractivity contribution in [1.29, 1.82) is 0 Å². The number of benzene rings is 3. The first-order chi connectivity index (χ1) is 48.1. The molecule has 3 aromatic rings. The summed E-state index contributed by atoms with van der Waals surface area (Å²) in [4.78, 5) is 0. The smallest absolute Gasteiger partial charge is 0.269 e. The number of rotatable bonds is 7. The third kappa shape index (κ3) is 31.3. The molecule has 590 valence electrons. The van der Waals surface area contributed by atoms with E-state index >= 15 is 0 Å². The van der Waals surface area contributed by atoms with Crippen LogP contribution < -0.4 is 0 Å². The van der Waals surface area contributed by atoms with Gasteiger partial charge < -0.3 is 0 Å². The highest BCUT2D eigenvalue weighted by Crippen LogP contribution is 2.47. The van der Waals surface area contributed by atoms with Crippen molar-refractivity contribution >= 4 is 89.1 Å². The summed E-state index contributed by atoms with van der Waals surface area (Å²) in [7, 11) is -26.6. The van der Waals surface area contributed by atoms with Crippen LogP contribution in [-0.4, -0.2) is 184 Å². The number of alkyl halides is 2. The maximum atomic E-state index is 12.7. The Hall–Kier alpha value is -3.27. The van der Waals surface area contributed by atoms with Crippen LogP contribution in [0.4, 0.5) is 8.78 Å². The second kappa shape index (κ2) is 41.0. The molecular weight excluding hydrogens is 1510 g/mol. The van der Waals surface area contributed by atoms with Gasteiger partial charge in [-0.05, 0) is 184 Å². The highest BCUT2D eigenvalue weighted by atomic mass is 32.2. The summed E-state index contributed by atoms with van der Waals surface area (Å²) in [5.41, 5.74) is 1.62. The van der Waals surface area contributed by atoms with Crippen LogP contribution in [0.25, 0.3) is 0 Å². The maximum Gasteiger partial charge on any atom is 0.274 e. The van der Waals surface area contributed by atoms with E-state index in [0.29, 0.717) is 104 Å². The van der Waals surface area contributed by atoms with Gasteiger partial charge in [0.2, 0.25) is 5.50 Å². The van der Waals surface area contributed by atoms with E-state index in [9.17, 15) is 84.5 Å². The lowest BCUT2D eigenvalue weighted by Gasteiger charge is -2.34.